The minimum Gasteiger partial charge on any atom is -0.497 e. The summed E-state index contributed by atoms with van der Waals surface area (Å²) in [6.07, 6.45) is 2.92. The topological polar surface area (TPSA) is 81.5 Å². The Balaban J connectivity index is 1.66. The number of rotatable bonds is 4. The van der Waals surface area contributed by atoms with Gasteiger partial charge in [-0.2, -0.15) is 4.31 Å². The summed E-state index contributed by atoms with van der Waals surface area (Å²) in [5.41, 5.74) is 0.497. The van der Waals surface area contributed by atoms with Crippen LogP contribution < -0.4 is 10.3 Å². The number of aromatic nitrogens is 2. The molecule has 1 fully saturated rings. The second-order valence-corrected chi connectivity index (χ2v) is 8.75. The summed E-state index contributed by atoms with van der Waals surface area (Å²) in [6, 6.07) is 13.4. The van der Waals surface area contributed by atoms with Crippen molar-refractivity contribution in [3.05, 3.63) is 65.2 Å². The average Bonchev–Trinajstić information content (AvgIpc) is 2.74. The predicted octanol–water partition coefficient (Wildman–Crippen LogP) is 2.43. The minimum atomic E-state index is -3.67. The zero-order valence-corrected chi connectivity index (χ0v) is 16.3. The molecule has 3 aromatic rings. The van der Waals surface area contributed by atoms with Crippen LogP contribution in [0.1, 0.15) is 18.9 Å². The lowest BCUT2D eigenvalue weighted by Crippen LogP contribution is -2.42. The number of nitrogens with zero attached hydrogens (tertiary/aromatic N) is 3. The molecule has 146 valence electrons. The molecule has 1 aliphatic heterocycles. The zero-order chi connectivity index (χ0) is 19.7. The monoisotopic (exact) mass is 399 g/mol. The molecule has 1 aromatic heterocycles. The third kappa shape index (κ3) is 3.29. The van der Waals surface area contributed by atoms with Crippen LogP contribution in [0.15, 0.2) is 64.5 Å². The van der Waals surface area contributed by atoms with Gasteiger partial charge in [0.05, 0.1) is 35.3 Å². The summed E-state index contributed by atoms with van der Waals surface area (Å²) in [7, 11) is -2.17. The van der Waals surface area contributed by atoms with Crippen molar-refractivity contribution < 1.29 is 13.2 Å². The number of fused-ring (bicyclic) bond motifs is 1. The molecule has 0 bridgehead atoms. The summed E-state index contributed by atoms with van der Waals surface area (Å²) >= 11 is 0. The van der Waals surface area contributed by atoms with Gasteiger partial charge in [-0.3, -0.25) is 9.36 Å². The molecule has 8 heteroatoms. The molecular weight excluding hydrogens is 378 g/mol. The van der Waals surface area contributed by atoms with Crippen molar-refractivity contribution in [1.82, 2.24) is 13.9 Å². The van der Waals surface area contributed by atoms with Gasteiger partial charge in [0.25, 0.3) is 5.56 Å². The molecule has 0 radical (unpaired) electrons. The van der Waals surface area contributed by atoms with Crippen molar-refractivity contribution in [2.75, 3.05) is 20.2 Å². The maximum atomic E-state index is 13.1. The fraction of sp³-hybridized carbons (Fsp3) is 0.300. The number of piperidine rings is 1. The van der Waals surface area contributed by atoms with E-state index in [0.717, 1.165) is 6.42 Å². The highest BCUT2D eigenvalue weighted by molar-refractivity contribution is 7.89. The number of hydrogen-bond donors (Lipinski definition) is 0. The first-order chi connectivity index (χ1) is 13.5. The van der Waals surface area contributed by atoms with Gasteiger partial charge in [0.2, 0.25) is 10.0 Å². The van der Waals surface area contributed by atoms with E-state index in [4.69, 9.17) is 4.74 Å². The molecule has 1 saturated heterocycles. The molecule has 2 aromatic carbocycles. The minimum absolute atomic E-state index is 0.142. The molecule has 0 N–H and O–H groups in total. The van der Waals surface area contributed by atoms with Crippen molar-refractivity contribution >= 4 is 20.9 Å². The molecule has 4 rings (SSSR count). The Morgan fingerprint density at radius 2 is 1.96 bits per heavy atom. The molecule has 7 nitrogen and oxygen atoms in total. The first-order valence-corrected chi connectivity index (χ1v) is 10.5. The van der Waals surface area contributed by atoms with E-state index in [1.807, 2.05) is 6.07 Å². The van der Waals surface area contributed by atoms with Crippen LogP contribution >= 0.6 is 0 Å². The van der Waals surface area contributed by atoms with Gasteiger partial charge in [0.15, 0.2) is 0 Å². The van der Waals surface area contributed by atoms with E-state index in [-0.39, 0.29) is 23.0 Å². The number of sulfonamides is 1. The average molecular weight is 399 g/mol. The van der Waals surface area contributed by atoms with Crippen LogP contribution in [0.25, 0.3) is 10.9 Å². The van der Waals surface area contributed by atoms with Gasteiger partial charge in [-0.05, 0) is 37.1 Å². The molecule has 0 spiro atoms. The van der Waals surface area contributed by atoms with Crippen LogP contribution in [0.2, 0.25) is 0 Å². The van der Waals surface area contributed by atoms with E-state index >= 15 is 0 Å². The van der Waals surface area contributed by atoms with Gasteiger partial charge in [-0.15, -0.1) is 0 Å². The number of para-hydroxylation sites is 1. The highest BCUT2D eigenvalue weighted by Crippen LogP contribution is 2.27. The number of methoxy groups -OCH3 is 1. The first-order valence-electron chi connectivity index (χ1n) is 9.11. The summed E-state index contributed by atoms with van der Waals surface area (Å²) in [4.78, 5) is 17.4. The van der Waals surface area contributed by atoms with Crippen LogP contribution in [0.5, 0.6) is 5.75 Å². The van der Waals surface area contributed by atoms with Crippen LogP contribution in [0.3, 0.4) is 0 Å². The van der Waals surface area contributed by atoms with E-state index in [0.29, 0.717) is 29.6 Å². The van der Waals surface area contributed by atoms with Gasteiger partial charge < -0.3 is 4.74 Å². The Hall–Kier alpha value is -2.71. The van der Waals surface area contributed by atoms with E-state index in [9.17, 15) is 13.2 Å². The first kappa shape index (κ1) is 18.6. The molecule has 0 saturated carbocycles. The molecule has 0 aliphatic carbocycles. The van der Waals surface area contributed by atoms with Crippen molar-refractivity contribution in [1.29, 1.82) is 0 Å². The van der Waals surface area contributed by atoms with Gasteiger partial charge in [0.1, 0.15) is 5.75 Å². The summed E-state index contributed by atoms with van der Waals surface area (Å²) < 4.78 is 34.3. The molecule has 2 heterocycles. The van der Waals surface area contributed by atoms with Crippen molar-refractivity contribution in [3.63, 3.8) is 0 Å². The Morgan fingerprint density at radius 3 is 2.79 bits per heavy atom. The number of hydrogen-bond acceptors (Lipinski definition) is 5. The van der Waals surface area contributed by atoms with Crippen LogP contribution in [0, 0.1) is 0 Å². The Kier molecular flexibility index (Phi) is 4.91. The maximum Gasteiger partial charge on any atom is 0.261 e. The molecule has 0 amide bonds. The van der Waals surface area contributed by atoms with E-state index in [1.165, 1.54) is 23.8 Å². The fourth-order valence-electron chi connectivity index (χ4n) is 3.62. The van der Waals surface area contributed by atoms with Crippen molar-refractivity contribution in [3.8, 4) is 5.75 Å². The third-order valence-corrected chi connectivity index (χ3v) is 6.98. The quantitative estimate of drug-likeness (QED) is 0.673. The van der Waals surface area contributed by atoms with E-state index < -0.39 is 10.0 Å². The normalized spacial score (nSPS) is 18.2. The summed E-state index contributed by atoms with van der Waals surface area (Å²) in [5, 5.41) is 0.540. The number of benzene rings is 2. The summed E-state index contributed by atoms with van der Waals surface area (Å²) in [5.74, 6) is 0.490. The second-order valence-electron chi connectivity index (χ2n) is 6.81. The highest BCUT2D eigenvalue weighted by Gasteiger charge is 2.31. The molecule has 28 heavy (non-hydrogen) atoms. The van der Waals surface area contributed by atoms with Gasteiger partial charge >= 0.3 is 0 Å². The van der Waals surface area contributed by atoms with Crippen molar-refractivity contribution in [2.45, 2.75) is 23.8 Å². The van der Waals surface area contributed by atoms with E-state index in [1.54, 1.807) is 41.0 Å². The Morgan fingerprint density at radius 1 is 1.14 bits per heavy atom. The smallest absolute Gasteiger partial charge is 0.261 e. The number of ether oxygens (including phenoxy) is 1. The van der Waals surface area contributed by atoms with Gasteiger partial charge in [-0.25, -0.2) is 13.4 Å². The molecule has 1 aliphatic rings. The molecule has 1 atom stereocenters. The highest BCUT2D eigenvalue weighted by atomic mass is 32.2. The van der Waals surface area contributed by atoms with E-state index in [2.05, 4.69) is 4.98 Å². The molecule has 0 unspecified atom stereocenters. The standard InChI is InChI=1S/C20H21N3O4S/c1-27-16-7-4-8-17(12-16)28(25,26)22-11-5-6-15(13-22)23-14-21-19-10-3-2-9-18(19)20(23)24/h2-4,7-10,12,14-15H,5-6,11,13H2,1H3/t15-/m0/s1. The maximum absolute atomic E-state index is 13.1. The molecular formula is C20H21N3O4S. The third-order valence-electron chi connectivity index (χ3n) is 5.12. The van der Waals surface area contributed by atoms with Crippen LogP contribution in [-0.4, -0.2) is 42.5 Å². The zero-order valence-electron chi connectivity index (χ0n) is 15.5. The lowest BCUT2D eigenvalue weighted by Gasteiger charge is -2.32. The fourth-order valence-corrected chi connectivity index (χ4v) is 5.17. The second kappa shape index (κ2) is 7.37. The predicted molar refractivity (Wildman–Crippen MR) is 106 cm³/mol. The van der Waals surface area contributed by atoms with Crippen LogP contribution in [0.4, 0.5) is 0 Å². The Labute approximate surface area is 163 Å². The SMILES string of the molecule is COc1cccc(S(=O)(=O)N2CCC[C@H](n3cnc4ccccc4c3=O)C2)c1. The van der Waals surface area contributed by atoms with Gasteiger partial charge in [-0.1, -0.05) is 18.2 Å². The lowest BCUT2D eigenvalue weighted by molar-refractivity contribution is 0.262. The lowest BCUT2D eigenvalue weighted by atomic mass is 10.1. The van der Waals surface area contributed by atoms with Crippen molar-refractivity contribution in [2.24, 2.45) is 0 Å². The largest absolute Gasteiger partial charge is 0.497 e. The van der Waals surface area contributed by atoms with Crippen LogP contribution in [-0.2, 0) is 10.0 Å². The Bertz CT molecular complexity index is 1170. The summed E-state index contributed by atoms with van der Waals surface area (Å²) in [6.45, 7) is 0.658. The van der Waals surface area contributed by atoms with Gasteiger partial charge in [0, 0.05) is 19.2 Å².